The van der Waals surface area contributed by atoms with Crippen LogP contribution in [-0.4, -0.2) is 19.0 Å². The standard InChI is InChI=1S/C21H21NO4S2/c1-12-6-5-7-17(14(12)3)26-10-15-9-18(27-11-15)19(23)22-20-16(21(24)25-4)8-13(2)28-20/h5-9,11H,10H2,1-4H3,(H,22,23). The number of aryl methyl sites for hydroxylation is 2. The topological polar surface area (TPSA) is 64.6 Å². The van der Waals surface area contributed by atoms with E-state index in [-0.39, 0.29) is 5.91 Å². The van der Waals surface area contributed by atoms with Crippen LogP contribution in [0.3, 0.4) is 0 Å². The molecular weight excluding hydrogens is 394 g/mol. The summed E-state index contributed by atoms with van der Waals surface area (Å²) in [7, 11) is 1.32. The number of anilines is 1. The molecule has 146 valence electrons. The van der Waals surface area contributed by atoms with E-state index in [4.69, 9.17) is 9.47 Å². The molecule has 1 amide bonds. The number of amides is 1. The van der Waals surface area contributed by atoms with Crippen molar-refractivity contribution in [2.24, 2.45) is 0 Å². The van der Waals surface area contributed by atoms with Gasteiger partial charge in [0.05, 0.1) is 17.6 Å². The minimum atomic E-state index is -0.464. The van der Waals surface area contributed by atoms with Crippen LogP contribution >= 0.6 is 22.7 Å². The summed E-state index contributed by atoms with van der Waals surface area (Å²) in [4.78, 5) is 25.9. The molecule has 0 radical (unpaired) electrons. The van der Waals surface area contributed by atoms with Crippen molar-refractivity contribution in [2.75, 3.05) is 12.4 Å². The van der Waals surface area contributed by atoms with Crippen LogP contribution in [0.2, 0.25) is 0 Å². The van der Waals surface area contributed by atoms with Gasteiger partial charge in [-0.25, -0.2) is 4.79 Å². The fraction of sp³-hybridized carbons (Fsp3) is 0.238. The van der Waals surface area contributed by atoms with Crippen LogP contribution in [0.4, 0.5) is 5.00 Å². The lowest BCUT2D eigenvalue weighted by Crippen LogP contribution is -2.12. The van der Waals surface area contributed by atoms with E-state index in [1.165, 1.54) is 35.3 Å². The van der Waals surface area contributed by atoms with Gasteiger partial charge in [-0.2, -0.15) is 0 Å². The van der Waals surface area contributed by atoms with Gasteiger partial charge in [0, 0.05) is 10.4 Å². The van der Waals surface area contributed by atoms with Gasteiger partial charge in [0.15, 0.2) is 0 Å². The van der Waals surface area contributed by atoms with Crippen molar-refractivity contribution in [1.82, 2.24) is 0 Å². The van der Waals surface area contributed by atoms with Crippen LogP contribution in [-0.2, 0) is 11.3 Å². The van der Waals surface area contributed by atoms with Crippen molar-refractivity contribution in [3.63, 3.8) is 0 Å². The first-order chi connectivity index (χ1) is 13.4. The van der Waals surface area contributed by atoms with E-state index >= 15 is 0 Å². The lowest BCUT2D eigenvalue weighted by Gasteiger charge is -2.09. The Balaban J connectivity index is 1.68. The van der Waals surface area contributed by atoms with Crippen LogP contribution in [0.5, 0.6) is 5.75 Å². The van der Waals surface area contributed by atoms with Gasteiger partial charge in [-0.3, -0.25) is 4.79 Å². The number of rotatable bonds is 6. The maximum Gasteiger partial charge on any atom is 0.340 e. The molecule has 0 fully saturated rings. The normalized spacial score (nSPS) is 10.6. The van der Waals surface area contributed by atoms with E-state index in [0.29, 0.717) is 22.0 Å². The number of hydrogen-bond donors (Lipinski definition) is 1. The number of nitrogens with one attached hydrogen (secondary N) is 1. The van der Waals surface area contributed by atoms with Crippen molar-refractivity contribution in [3.05, 3.63) is 67.7 Å². The molecule has 7 heteroatoms. The van der Waals surface area contributed by atoms with E-state index in [2.05, 4.69) is 5.32 Å². The molecule has 2 aromatic heterocycles. The molecule has 5 nitrogen and oxygen atoms in total. The molecule has 0 saturated carbocycles. The summed E-state index contributed by atoms with van der Waals surface area (Å²) in [6.07, 6.45) is 0. The first kappa shape index (κ1) is 20.1. The van der Waals surface area contributed by atoms with Crippen LogP contribution in [0, 0.1) is 20.8 Å². The zero-order chi connectivity index (χ0) is 20.3. The van der Waals surface area contributed by atoms with Crippen molar-refractivity contribution < 1.29 is 19.1 Å². The smallest absolute Gasteiger partial charge is 0.340 e. The molecule has 2 heterocycles. The molecule has 28 heavy (non-hydrogen) atoms. The summed E-state index contributed by atoms with van der Waals surface area (Å²) in [5.41, 5.74) is 3.58. The molecular formula is C21H21NO4S2. The third kappa shape index (κ3) is 4.43. The van der Waals surface area contributed by atoms with E-state index < -0.39 is 5.97 Å². The Kier molecular flexibility index (Phi) is 6.16. The lowest BCUT2D eigenvalue weighted by molar-refractivity contribution is 0.0602. The van der Waals surface area contributed by atoms with Gasteiger partial charge in [-0.1, -0.05) is 12.1 Å². The van der Waals surface area contributed by atoms with Crippen LogP contribution in [0.1, 0.15) is 41.6 Å². The van der Waals surface area contributed by atoms with Gasteiger partial charge in [0.25, 0.3) is 5.91 Å². The molecule has 0 atom stereocenters. The molecule has 1 N–H and O–H groups in total. The molecule has 3 aromatic rings. The predicted molar refractivity (Wildman–Crippen MR) is 113 cm³/mol. The minimum Gasteiger partial charge on any atom is -0.489 e. The number of ether oxygens (including phenoxy) is 2. The number of benzene rings is 1. The van der Waals surface area contributed by atoms with Gasteiger partial charge < -0.3 is 14.8 Å². The maximum absolute atomic E-state index is 12.6. The Morgan fingerprint density at radius 2 is 1.93 bits per heavy atom. The molecule has 0 unspecified atom stereocenters. The number of thiophene rings is 2. The van der Waals surface area contributed by atoms with E-state index in [1.54, 1.807) is 6.07 Å². The Morgan fingerprint density at radius 3 is 2.68 bits per heavy atom. The zero-order valence-corrected chi connectivity index (χ0v) is 17.8. The lowest BCUT2D eigenvalue weighted by atomic mass is 10.1. The van der Waals surface area contributed by atoms with Crippen LogP contribution in [0.25, 0.3) is 0 Å². The number of esters is 1. The van der Waals surface area contributed by atoms with Crippen molar-refractivity contribution in [1.29, 1.82) is 0 Å². The Bertz CT molecular complexity index is 1020. The molecule has 1 aromatic carbocycles. The molecule has 0 aliphatic rings. The molecule has 0 aliphatic heterocycles. The second-order valence-electron chi connectivity index (χ2n) is 6.35. The van der Waals surface area contributed by atoms with Gasteiger partial charge in [0.1, 0.15) is 17.4 Å². The Morgan fingerprint density at radius 1 is 1.14 bits per heavy atom. The number of methoxy groups -OCH3 is 1. The van der Waals surface area contributed by atoms with Gasteiger partial charge in [-0.05, 0) is 55.5 Å². The minimum absolute atomic E-state index is 0.255. The number of hydrogen-bond acceptors (Lipinski definition) is 6. The average Bonchev–Trinajstić information content (AvgIpc) is 3.29. The number of carbonyl (C=O) groups excluding carboxylic acids is 2. The highest BCUT2D eigenvalue weighted by molar-refractivity contribution is 7.17. The molecule has 0 aliphatic carbocycles. The SMILES string of the molecule is COC(=O)c1cc(C)sc1NC(=O)c1cc(COc2cccc(C)c2C)cs1. The van der Waals surface area contributed by atoms with E-state index in [0.717, 1.165) is 21.8 Å². The fourth-order valence-corrected chi connectivity index (χ4v) is 4.33. The van der Waals surface area contributed by atoms with Crippen LogP contribution < -0.4 is 10.1 Å². The summed E-state index contributed by atoms with van der Waals surface area (Å²) < 4.78 is 10.7. The predicted octanol–water partition coefficient (Wildman–Crippen LogP) is 5.35. The van der Waals surface area contributed by atoms with Gasteiger partial charge >= 0.3 is 5.97 Å². The Hall–Kier alpha value is -2.64. The highest BCUT2D eigenvalue weighted by Gasteiger charge is 2.19. The summed E-state index contributed by atoms with van der Waals surface area (Å²) in [6, 6.07) is 9.47. The third-order valence-electron chi connectivity index (χ3n) is 4.31. The van der Waals surface area contributed by atoms with E-state index in [9.17, 15) is 9.59 Å². The molecule has 0 bridgehead atoms. The summed E-state index contributed by atoms with van der Waals surface area (Å²) in [5.74, 6) is 0.123. The molecule has 3 rings (SSSR count). The molecule has 0 spiro atoms. The monoisotopic (exact) mass is 415 g/mol. The summed E-state index contributed by atoms with van der Waals surface area (Å²) >= 11 is 2.69. The Labute approximate surface area is 171 Å². The van der Waals surface area contributed by atoms with E-state index in [1.807, 2.05) is 50.4 Å². The third-order valence-corrected chi connectivity index (χ3v) is 6.26. The second kappa shape index (κ2) is 8.58. The first-order valence-corrected chi connectivity index (χ1v) is 10.3. The second-order valence-corrected chi connectivity index (χ2v) is 8.52. The first-order valence-electron chi connectivity index (χ1n) is 8.65. The summed E-state index contributed by atoms with van der Waals surface area (Å²) in [5, 5.41) is 5.21. The summed E-state index contributed by atoms with van der Waals surface area (Å²) in [6.45, 7) is 6.34. The van der Waals surface area contributed by atoms with Crippen LogP contribution in [0.15, 0.2) is 35.7 Å². The highest BCUT2D eigenvalue weighted by Crippen LogP contribution is 2.29. The largest absolute Gasteiger partial charge is 0.489 e. The fourth-order valence-electron chi connectivity index (χ4n) is 2.65. The quantitative estimate of drug-likeness (QED) is 0.551. The van der Waals surface area contributed by atoms with Gasteiger partial charge in [-0.15, -0.1) is 22.7 Å². The van der Waals surface area contributed by atoms with Crippen molar-refractivity contribution in [3.8, 4) is 5.75 Å². The highest BCUT2D eigenvalue weighted by atomic mass is 32.1. The van der Waals surface area contributed by atoms with Crippen molar-refractivity contribution in [2.45, 2.75) is 27.4 Å². The average molecular weight is 416 g/mol. The molecule has 0 saturated heterocycles. The van der Waals surface area contributed by atoms with Crippen molar-refractivity contribution >= 4 is 39.6 Å². The zero-order valence-electron chi connectivity index (χ0n) is 16.1. The number of carbonyl (C=O) groups is 2. The van der Waals surface area contributed by atoms with Gasteiger partial charge in [0.2, 0.25) is 0 Å². The maximum atomic E-state index is 12.6.